The van der Waals surface area contributed by atoms with Gasteiger partial charge in [-0.3, -0.25) is 4.90 Å². The molecule has 2 aliphatic rings. The van der Waals surface area contributed by atoms with E-state index in [0.717, 1.165) is 31.5 Å². The second-order valence-electron chi connectivity index (χ2n) is 8.67. The predicted octanol–water partition coefficient (Wildman–Crippen LogP) is 4.89. The van der Waals surface area contributed by atoms with Crippen molar-refractivity contribution in [1.82, 2.24) is 14.5 Å². The third-order valence-electron chi connectivity index (χ3n) is 6.07. The Morgan fingerprint density at radius 3 is 2.41 bits per heavy atom. The van der Waals surface area contributed by atoms with E-state index in [4.69, 9.17) is 4.98 Å². The van der Waals surface area contributed by atoms with Crippen LogP contribution in [-0.4, -0.2) is 34.1 Å². The molecule has 0 amide bonds. The van der Waals surface area contributed by atoms with Crippen molar-refractivity contribution < 1.29 is 0 Å². The smallest absolute Gasteiger partial charge is 0.210 e. The fourth-order valence-corrected chi connectivity index (χ4v) is 4.77. The van der Waals surface area contributed by atoms with Crippen LogP contribution >= 0.6 is 0 Å². The van der Waals surface area contributed by atoms with Crippen LogP contribution in [0.25, 0.3) is 0 Å². The van der Waals surface area contributed by atoms with Crippen molar-refractivity contribution >= 4 is 11.6 Å². The molecule has 4 nitrogen and oxygen atoms in total. The average molecular weight is 367 g/mol. The van der Waals surface area contributed by atoms with Crippen molar-refractivity contribution in [2.24, 2.45) is 5.92 Å². The van der Waals surface area contributed by atoms with Crippen LogP contribution in [0.15, 0.2) is 12.1 Å². The molecule has 1 aromatic heterocycles. The van der Waals surface area contributed by atoms with Gasteiger partial charge in [0.15, 0.2) is 0 Å². The SMILES string of the molecule is CCCN(Cc1c(C)nc2n1CCN2c1c(C)cc(C)cc1C)CC1CC1. The molecule has 27 heavy (non-hydrogen) atoms. The van der Waals surface area contributed by atoms with Crippen molar-refractivity contribution in [2.45, 2.75) is 67.0 Å². The summed E-state index contributed by atoms with van der Waals surface area (Å²) in [6.07, 6.45) is 4.06. The minimum Gasteiger partial charge on any atom is -0.311 e. The van der Waals surface area contributed by atoms with Gasteiger partial charge in [0.25, 0.3) is 0 Å². The van der Waals surface area contributed by atoms with Crippen molar-refractivity contribution in [1.29, 1.82) is 0 Å². The van der Waals surface area contributed by atoms with E-state index in [0.29, 0.717) is 0 Å². The van der Waals surface area contributed by atoms with Gasteiger partial charge >= 0.3 is 0 Å². The molecule has 0 saturated heterocycles. The fourth-order valence-electron chi connectivity index (χ4n) is 4.77. The Hall–Kier alpha value is -1.81. The number of hydrogen-bond donors (Lipinski definition) is 0. The number of aryl methyl sites for hydroxylation is 4. The fraction of sp³-hybridized carbons (Fsp3) is 0.609. The first-order valence-electron chi connectivity index (χ1n) is 10.6. The third kappa shape index (κ3) is 3.64. The first-order valence-corrected chi connectivity index (χ1v) is 10.6. The minimum absolute atomic E-state index is 0.937. The first kappa shape index (κ1) is 18.5. The number of benzene rings is 1. The lowest BCUT2D eigenvalue weighted by atomic mass is 10.0. The van der Waals surface area contributed by atoms with Gasteiger partial charge in [-0.25, -0.2) is 4.98 Å². The maximum absolute atomic E-state index is 5.02. The maximum atomic E-state index is 5.02. The van der Waals surface area contributed by atoms with Crippen molar-refractivity contribution in [2.75, 3.05) is 24.5 Å². The number of aromatic nitrogens is 2. The summed E-state index contributed by atoms with van der Waals surface area (Å²) in [7, 11) is 0. The summed E-state index contributed by atoms with van der Waals surface area (Å²) in [5.41, 5.74) is 8.01. The summed E-state index contributed by atoms with van der Waals surface area (Å²) in [5, 5.41) is 0. The Morgan fingerprint density at radius 1 is 1.07 bits per heavy atom. The summed E-state index contributed by atoms with van der Waals surface area (Å²) in [6, 6.07) is 4.58. The summed E-state index contributed by atoms with van der Waals surface area (Å²) in [5.74, 6) is 2.08. The number of rotatable bonds is 7. The maximum Gasteiger partial charge on any atom is 0.210 e. The van der Waals surface area contributed by atoms with Crippen LogP contribution in [0.5, 0.6) is 0 Å². The van der Waals surface area contributed by atoms with Crippen LogP contribution in [-0.2, 0) is 13.1 Å². The van der Waals surface area contributed by atoms with E-state index in [1.54, 1.807) is 0 Å². The molecule has 1 fully saturated rings. The molecular formula is C23H34N4. The Bertz CT molecular complexity index is 808. The molecule has 0 spiro atoms. The van der Waals surface area contributed by atoms with Gasteiger partial charge in [0.2, 0.25) is 5.95 Å². The van der Waals surface area contributed by atoms with Gasteiger partial charge in [0.05, 0.1) is 11.4 Å². The molecule has 0 atom stereocenters. The lowest BCUT2D eigenvalue weighted by Crippen LogP contribution is -2.28. The molecule has 146 valence electrons. The summed E-state index contributed by atoms with van der Waals surface area (Å²) in [4.78, 5) is 10.1. The standard InChI is InChI=1S/C23H34N4/c1-6-9-25(14-20-7-8-20)15-21-19(5)24-23-26(21)10-11-27(23)22-17(3)12-16(2)13-18(22)4/h12-13,20H,6-11,14-15H2,1-5H3. The summed E-state index contributed by atoms with van der Waals surface area (Å²) in [6.45, 7) is 16.7. The first-order chi connectivity index (χ1) is 13.0. The van der Waals surface area contributed by atoms with Gasteiger partial charge in [-0.05, 0) is 70.5 Å². The molecule has 1 aromatic carbocycles. The molecule has 0 bridgehead atoms. The third-order valence-corrected chi connectivity index (χ3v) is 6.07. The van der Waals surface area contributed by atoms with Crippen molar-refractivity contribution in [3.8, 4) is 0 Å². The van der Waals surface area contributed by atoms with Gasteiger partial charge in [-0.2, -0.15) is 0 Å². The van der Waals surface area contributed by atoms with Crippen LogP contribution in [0.1, 0.15) is 54.3 Å². The number of hydrogen-bond acceptors (Lipinski definition) is 3. The molecule has 2 aromatic rings. The molecule has 1 aliphatic heterocycles. The Morgan fingerprint density at radius 2 is 1.78 bits per heavy atom. The topological polar surface area (TPSA) is 24.3 Å². The van der Waals surface area contributed by atoms with Gasteiger partial charge in [-0.1, -0.05) is 24.6 Å². The van der Waals surface area contributed by atoms with E-state index in [-0.39, 0.29) is 0 Å². The van der Waals surface area contributed by atoms with Crippen LogP contribution in [0.3, 0.4) is 0 Å². The second-order valence-corrected chi connectivity index (χ2v) is 8.67. The molecule has 0 unspecified atom stereocenters. The Balaban J connectivity index is 1.63. The van der Waals surface area contributed by atoms with E-state index in [1.807, 2.05) is 0 Å². The van der Waals surface area contributed by atoms with Crippen molar-refractivity contribution in [3.05, 3.63) is 40.2 Å². The molecular weight excluding hydrogens is 332 g/mol. The zero-order valence-corrected chi connectivity index (χ0v) is 17.7. The van der Waals surface area contributed by atoms with E-state index < -0.39 is 0 Å². The van der Waals surface area contributed by atoms with Crippen molar-refractivity contribution in [3.63, 3.8) is 0 Å². The van der Waals surface area contributed by atoms with Crippen LogP contribution in [0, 0.1) is 33.6 Å². The van der Waals surface area contributed by atoms with Gasteiger partial charge in [0, 0.05) is 31.9 Å². The molecule has 2 heterocycles. The highest BCUT2D eigenvalue weighted by Gasteiger charge is 2.30. The lowest BCUT2D eigenvalue weighted by molar-refractivity contribution is 0.249. The van der Waals surface area contributed by atoms with E-state index >= 15 is 0 Å². The average Bonchev–Trinajstić information content (AvgIpc) is 3.24. The van der Waals surface area contributed by atoms with Gasteiger partial charge in [-0.15, -0.1) is 0 Å². The number of anilines is 2. The molecule has 0 N–H and O–H groups in total. The Labute approximate surface area is 164 Å². The molecule has 4 rings (SSSR count). The summed E-state index contributed by atoms with van der Waals surface area (Å²) < 4.78 is 2.48. The molecule has 1 saturated carbocycles. The molecule has 4 heteroatoms. The van der Waals surface area contributed by atoms with Gasteiger partial charge in [0.1, 0.15) is 0 Å². The predicted molar refractivity (Wildman–Crippen MR) is 113 cm³/mol. The second kappa shape index (κ2) is 7.31. The number of imidazole rings is 1. The highest BCUT2D eigenvalue weighted by Crippen LogP contribution is 2.37. The normalized spacial score (nSPS) is 16.4. The lowest BCUT2D eigenvalue weighted by Gasteiger charge is -2.22. The zero-order valence-electron chi connectivity index (χ0n) is 17.7. The highest BCUT2D eigenvalue weighted by molar-refractivity contribution is 5.68. The van der Waals surface area contributed by atoms with E-state index in [2.05, 4.69) is 61.1 Å². The summed E-state index contributed by atoms with van der Waals surface area (Å²) >= 11 is 0. The van der Waals surface area contributed by atoms with Gasteiger partial charge < -0.3 is 9.47 Å². The Kier molecular flexibility index (Phi) is 5.02. The number of fused-ring (bicyclic) bond motifs is 1. The largest absolute Gasteiger partial charge is 0.311 e. The van der Waals surface area contributed by atoms with Crippen LogP contribution in [0.4, 0.5) is 11.6 Å². The highest BCUT2D eigenvalue weighted by atomic mass is 15.4. The monoisotopic (exact) mass is 366 g/mol. The quantitative estimate of drug-likeness (QED) is 0.697. The van der Waals surface area contributed by atoms with Crippen LogP contribution in [0.2, 0.25) is 0 Å². The minimum atomic E-state index is 0.937. The van der Waals surface area contributed by atoms with Crippen LogP contribution < -0.4 is 4.90 Å². The van der Waals surface area contributed by atoms with E-state index in [9.17, 15) is 0 Å². The molecule has 1 aliphatic carbocycles. The number of nitrogens with zero attached hydrogens (tertiary/aromatic N) is 4. The molecule has 0 radical (unpaired) electrons. The van der Waals surface area contributed by atoms with E-state index in [1.165, 1.54) is 66.1 Å². The zero-order chi connectivity index (χ0) is 19.1.